The Balaban J connectivity index is 2.96. The lowest BCUT2D eigenvalue weighted by molar-refractivity contribution is 0.0964. The Morgan fingerprint density at radius 3 is 2.53 bits per heavy atom. The number of carbonyl (C=O) groups is 2. The molecule has 3 N–H and O–H groups in total. The van der Waals surface area contributed by atoms with Gasteiger partial charge >= 0.3 is 6.03 Å². The molecule has 82 valence electrons. The van der Waals surface area contributed by atoms with Gasteiger partial charge < -0.3 is 10.6 Å². The normalized spacial score (nSPS) is 9.53. The van der Waals surface area contributed by atoms with E-state index in [1.165, 1.54) is 25.4 Å². The maximum Gasteiger partial charge on any atom is 0.319 e. The minimum Gasteiger partial charge on any atom is -0.355 e. The number of nitrogens with one attached hydrogen (secondary N) is 3. The maximum atomic E-state index is 11.4. The topological polar surface area (TPSA) is 70.2 Å². The van der Waals surface area contributed by atoms with Crippen LogP contribution >= 0.6 is 27.3 Å². The van der Waals surface area contributed by atoms with Crippen molar-refractivity contribution < 1.29 is 9.59 Å². The quantitative estimate of drug-likeness (QED) is 0.775. The van der Waals surface area contributed by atoms with Gasteiger partial charge in [0.25, 0.3) is 5.91 Å². The van der Waals surface area contributed by atoms with Gasteiger partial charge in [0, 0.05) is 14.1 Å². The van der Waals surface area contributed by atoms with Gasteiger partial charge in [-0.3, -0.25) is 10.1 Å². The lowest BCUT2D eigenvalue weighted by atomic mass is 10.3. The Hall–Kier alpha value is -1.08. The van der Waals surface area contributed by atoms with Crippen molar-refractivity contribution >= 4 is 44.2 Å². The maximum absolute atomic E-state index is 11.4. The van der Waals surface area contributed by atoms with E-state index in [0.717, 1.165) is 3.79 Å². The molecule has 7 heteroatoms. The number of amides is 3. The van der Waals surface area contributed by atoms with E-state index in [0.29, 0.717) is 10.6 Å². The largest absolute Gasteiger partial charge is 0.355 e. The van der Waals surface area contributed by atoms with Gasteiger partial charge in [0.1, 0.15) is 5.00 Å². The highest BCUT2D eigenvalue weighted by Crippen LogP contribution is 2.31. The van der Waals surface area contributed by atoms with E-state index in [9.17, 15) is 9.59 Å². The third-order valence-electron chi connectivity index (χ3n) is 1.63. The van der Waals surface area contributed by atoms with E-state index in [2.05, 4.69) is 31.9 Å². The Labute approximate surface area is 99.4 Å². The van der Waals surface area contributed by atoms with Gasteiger partial charge in [-0.2, -0.15) is 0 Å². The monoisotopic (exact) mass is 291 g/mol. The highest BCUT2D eigenvalue weighted by molar-refractivity contribution is 9.11. The SMILES string of the molecule is CNC(=O)Nc1sc(Br)cc1C(=O)NC. The third-order valence-corrected chi connectivity index (χ3v) is 3.18. The molecular weight excluding hydrogens is 282 g/mol. The standard InChI is InChI=1S/C8H10BrN3O2S/c1-10-6(13)4-3-5(9)15-7(4)12-8(14)11-2/h3H,1-2H3,(H,10,13)(H2,11,12,14). The summed E-state index contributed by atoms with van der Waals surface area (Å²) in [7, 11) is 3.05. The fourth-order valence-corrected chi connectivity index (χ4v) is 2.41. The smallest absolute Gasteiger partial charge is 0.319 e. The molecule has 3 amide bonds. The van der Waals surface area contributed by atoms with Crippen molar-refractivity contribution in [1.82, 2.24) is 10.6 Å². The van der Waals surface area contributed by atoms with E-state index in [4.69, 9.17) is 0 Å². The minimum absolute atomic E-state index is 0.233. The number of thiophene rings is 1. The van der Waals surface area contributed by atoms with Crippen LogP contribution in [0.15, 0.2) is 9.85 Å². The van der Waals surface area contributed by atoms with Gasteiger partial charge in [0.05, 0.1) is 9.35 Å². The zero-order valence-corrected chi connectivity index (χ0v) is 10.6. The van der Waals surface area contributed by atoms with Crippen LogP contribution in [0.2, 0.25) is 0 Å². The van der Waals surface area contributed by atoms with Crippen LogP contribution in [0.4, 0.5) is 9.80 Å². The first-order chi connectivity index (χ1) is 7.08. The number of urea groups is 1. The molecular formula is C8H10BrN3O2S. The zero-order valence-electron chi connectivity index (χ0n) is 8.18. The van der Waals surface area contributed by atoms with Crippen LogP contribution in [0.5, 0.6) is 0 Å². The second-order valence-electron chi connectivity index (χ2n) is 2.58. The van der Waals surface area contributed by atoms with Crippen LogP contribution in [0, 0.1) is 0 Å². The molecule has 15 heavy (non-hydrogen) atoms. The third kappa shape index (κ3) is 2.93. The highest BCUT2D eigenvalue weighted by Gasteiger charge is 2.15. The highest BCUT2D eigenvalue weighted by atomic mass is 79.9. The van der Waals surface area contributed by atoms with Gasteiger partial charge in [-0.05, 0) is 22.0 Å². The molecule has 0 fully saturated rings. The molecule has 5 nitrogen and oxygen atoms in total. The number of halogens is 1. The molecule has 0 saturated heterocycles. The van der Waals surface area contributed by atoms with E-state index in [1.807, 2.05) is 0 Å². The molecule has 0 atom stereocenters. The van der Waals surface area contributed by atoms with Crippen LogP contribution in [0.25, 0.3) is 0 Å². The van der Waals surface area contributed by atoms with Crippen molar-refractivity contribution in [2.24, 2.45) is 0 Å². The second-order valence-corrected chi connectivity index (χ2v) is 5.01. The summed E-state index contributed by atoms with van der Waals surface area (Å²) >= 11 is 4.54. The van der Waals surface area contributed by atoms with Crippen molar-refractivity contribution in [3.8, 4) is 0 Å². The van der Waals surface area contributed by atoms with Crippen molar-refractivity contribution in [1.29, 1.82) is 0 Å². The first kappa shape index (κ1) is 12.0. The Bertz CT molecular complexity index is 391. The summed E-state index contributed by atoms with van der Waals surface area (Å²) in [6.45, 7) is 0. The molecule has 0 spiro atoms. The lowest BCUT2D eigenvalue weighted by Crippen LogP contribution is -2.26. The fourth-order valence-electron chi connectivity index (χ4n) is 0.923. The average molecular weight is 292 g/mol. The van der Waals surface area contributed by atoms with Gasteiger partial charge in [-0.15, -0.1) is 11.3 Å². The van der Waals surface area contributed by atoms with Crippen molar-refractivity contribution in [2.75, 3.05) is 19.4 Å². The molecule has 0 aliphatic heterocycles. The molecule has 0 saturated carbocycles. The van der Waals surface area contributed by atoms with Gasteiger partial charge in [0.15, 0.2) is 0 Å². The van der Waals surface area contributed by atoms with Crippen molar-refractivity contribution in [3.05, 3.63) is 15.4 Å². The van der Waals surface area contributed by atoms with Gasteiger partial charge in [0.2, 0.25) is 0 Å². The molecule has 0 aromatic carbocycles. The average Bonchev–Trinajstić information content (AvgIpc) is 2.58. The van der Waals surface area contributed by atoms with Gasteiger partial charge in [-0.25, -0.2) is 4.79 Å². The van der Waals surface area contributed by atoms with Crippen molar-refractivity contribution in [3.63, 3.8) is 0 Å². The molecule has 1 aromatic rings. The summed E-state index contributed by atoms with van der Waals surface area (Å²) in [6, 6.07) is 1.31. The molecule has 1 heterocycles. The number of carbonyl (C=O) groups excluding carboxylic acids is 2. The van der Waals surface area contributed by atoms with Crippen LogP contribution in [-0.2, 0) is 0 Å². The van der Waals surface area contributed by atoms with E-state index >= 15 is 0 Å². The second kappa shape index (κ2) is 5.13. The van der Waals surface area contributed by atoms with Crippen LogP contribution < -0.4 is 16.0 Å². The van der Waals surface area contributed by atoms with Gasteiger partial charge in [-0.1, -0.05) is 0 Å². The van der Waals surface area contributed by atoms with Crippen molar-refractivity contribution in [2.45, 2.75) is 0 Å². The number of anilines is 1. The molecule has 0 bridgehead atoms. The van der Waals surface area contributed by atoms with E-state index in [-0.39, 0.29) is 11.9 Å². The van der Waals surface area contributed by atoms with Crippen LogP contribution in [0.3, 0.4) is 0 Å². The number of rotatable bonds is 2. The fraction of sp³-hybridized carbons (Fsp3) is 0.250. The predicted octanol–water partition coefficient (Wildman–Crippen LogP) is 1.62. The summed E-state index contributed by atoms with van der Waals surface area (Å²) in [5, 5.41) is 8.01. The molecule has 0 aliphatic carbocycles. The summed E-state index contributed by atoms with van der Waals surface area (Å²) in [6.07, 6.45) is 0. The molecule has 1 aromatic heterocycles. The zero-order chi connectivity index (χ0) is 11.4. The Morgan fingerprint density at radius 1 is 1.33 bits per heavy atom. The Kier molecular flexibility index (Phi) is 4.10. The first-order valence-corrected chi connectivity index (χ1v) is 5.69. The number of hydrogen-bond donors (Lipinski definition) is 3. The molecule has 0 radical (unpaired) electrons. The summed E-state index contributed by atoms with van der Waals surface area (Å²) in [5.41, 5.74) is 0.443. The summed E-state index contributed by atoms with van der Waals surface area (Å²) < 4.78 is 0.785. The minimum atomic E-state index is -0.352. The molecule has 1 rings (SSSR count). The summed E-state index contributed by atoms with van der Waals surface area (Å²) in [4.78, 5) is 22.5. The number of hydrogen-bond acceptors (Lipinski definition) is 3. The lowest BCUT2D eigenvalue weighted by Gasteiger charge is -2.03. The van der Waals surface area contributed by atoms with E-state index in [1.54, 1.807) is 6.07 Å². The molecule has 0 aliphatic rings. The van der Waals surface area contributed by atoms with Crippen LogP contribution in [-0.4, -0.2) is 26.0 Å². The Morgan fingerprint density at radius 2 is 2.00 bits per heavy atom. The predicted molar refractivity (Wildman–Crippen MR) is 63.5 cm³/mol. The van der Waals surface area contributed by atoms with Crippen LogP contribution in [0.1, 0.15) is 10.4 Å². The molecule has 0 unspecified atom stereocenters. The summed E-state index contributed by atoms with van der Waals surface area (Å²) in [5.74, 6) is -0.233. The van der Waals surface area contributed by atoms with E-state index < -0.39 is 0 Å². The first-order valence-electron chi connectivity index (χ1n) is 4.08.